The Morgan fingerprint density at radius 2 is 1.68 bits per heavy atom. The lowest BCUT2D eigenvalue weighted by atomic mass is 9.99. The van der Waals surface area contributed by atoms with E-state index in [1.165, 1.54) is 21.9 Å². The molecule has 2 atom stereocenters. The number of hydrogen-bond acceptors (Lipinski definition) is 5. The molecule has 0 bridgehead atoms. The number of nitrogens with zero attached hydrogens (tertiary/aromatic N) is 3. The third-order valence-electron chi connectivity index (χ3n) is 6.40. The number of carbonyl (C=O) groups is 1. The van der Waals surface area contributed by atoms with Gasteiger partial charge in [0.2, 0.25) is 0 Å². The number of anilines is 2. The number of ether oxygens (including phenoxy) is 1. The Morgan fingerprint density at radius 3 is 2.44 bits per heavy atom. The largest absolute Gasteiger partial charge is 0.447 e. The van der Waals surface area contributed by atoms with Crippen molar-refractivity contribution in [2.45, 2.75) is 32.9 Å². The molecule has 2 heterocycles. The van der Waals surface area contributed by atoms with Crippen LogP contribution in [0.2, 0.25) is 0 Å². The first-order chi connectivity index (χ1) is 16.5. The number of amides is 1. The van der Waals surface area contributed by atoms with Gasteiger partial charge in [-0.25, -0.2) is 9.78 Å². The van der Waals surface area contributed by atoms with Crippen molar-refractivity contribution in [3.8, 4) is 11.1 Å². The van der Waals surface area contributed by atoms with Gasteiger partial charge in [0.25, 0.3) is 0 Å². The van der Waals surface area contributed by atoms with Crippen LogP contribution in [0.25, 0.3) is 21.9 Å². The van der Waals surface area contributed by atoms with Crippen molar-refractivity contribution >= 4 is 28.5 Å². The Balaban J connectivity index is 1.32. The summed E-state index contributed by atoms with van der Waals surface area (Å²) >= 11 is 0. The highest BCUT2D eigenvalue weighted by Crippen LogP contribution is 2.28. The van der Waals surface area contributed by atoms with Crippen LogP contribution in [0.1, 0.15) is 32.4 Å². The fourth-order valence-electron chi connectivity index (χ4n) is 4.37. The van der Waals surface area contributed by atoms with Crippen LogP contribution in [0, 0.1) is 5.92 Å². The fourth-order valence-corrected chi connectivity index (χ4v) is 4.37. The molecule has 4 aromatic rings. The first-order valence-corrected chi connectivity index (χ1v) is 11.6. The molecule has 6 heteroatoms. The molecular weight excluding hydrogens is 424 g/mol. The summed E-state index contributed by atoms with van der Waals surface area (Å²) in [5.74, 6) is 1.38. The van der Waals surface area contributed by atoms with E-state index in [4.69, 9.17) is 4.74 Å². The van der Waals surface area contributed by atoms with E-state index in [-0.39, 0.29) is 24.1 Å². The van der Waals surface area contributed by atoms with E-state index >= 15 is 0 Å². The molecule has 1 fully saturated rings. The Hall–Kier alpha value is -3.93. The van der Waals surface area contributed by atoms with E-state index in [1.807, 2.05) is 0 Å². The second-order valence-corrected chi connectivity index (χ2v) is 9.07. The standard InChI is InChI=1S/C28H28N4O2/c1-18(2)25-17-34-28(33)32(25)27-16-29-15-26(31-27)30-19(3)20-8-10-22(11-9-20)24-13-12-21-6-4-5-7-23(21)14-24/h4-16,18-19,25H,17H2,1-3H3,(H,30,31)/t19-,25+/m0/s1. The van der Waals surface area contributed by atoms with Crippen LogP contribution in [0.15, 0.2) is 79.1 Å². The monoisotopic (exact) mass is 452 g/mol. The molecule has 0 saturated carbocycles. The van der Waals surface area contributed by atoms with Crippen LogP contribution in [-0.2, 0) is 4.74 Å². The zero-order valence-corrected chi connectivity index (χ0v) is 19.6. The Morgan fingerprint density at radius 1 is 0.941 bits per heavy atom. The molecule has 172 valence electrons. The number of nitrogens with one attached hydrogen (secondary N) is 1. The third-order valence-corrected chi connectivity index (χ3v) is 6.40. The van der Waals surface area contributed by atoms with Gasteiger partial charge in [-0.1, -0.05) is 74.5 Å². The van der Waals surface area contributed by atoms with Gasteiger partial charge in [-0.15, -0.1) is 0 Å². The molecule has 0 radical (unpaired) electrons. The minimum absolute atomic E-state index is 0.0154. The molecule has 1 N–H and O–H groups in total. The van der Waals surface area contributed by atoms with Gasteiger partial charge in [-0.3, -0.25) is 9.88 Å². The number of carbonyl (C=O) groups excluding carboxylic acids is 1. The molecule has 1 aromatic heterocycles. The lowest BCUT2D eigenvalue weighted by molar-refractivity contribution is 0.177. The predicted octanol–water partition coefficient (Wildman–Crippen LogP) is 6.45. The van der Waals surface area contributed by atoms with Crippen LogP contribution < -0.4 is 10.2 Å². The number of rotatable bonds is 6. The van der Waals surface area contributed by atoms with E-state index in [0.29, 0.717) is 18.2 Å². The van der Waals surface area contributed by atoms with Crippen LogP contribution in [-0.4, -0.2) is 28.7 Å². The lowest BCUT2D eigenvalue weighted by Crippen LogP contribution is -2.37. The summed E-state index contributed by atoms with van der Waals surface area (Å²) < 4.78 is 5.25. The average Bonchev–Trinajstić information content (AvgIpc) is 3.25. The first kappa shape index (κ1) is 21.9. The average molecular weight is 453 g/mol. The van der Waals surface area contributed by atoms with Gasteiger partial charge in [0.1, 0.15) is 12.4 Å². The van der Waals surface area contributed by atoms with Gasteiger partial charge < -0.3 is 10.1 Å². The minimum atomic E-state index is -0.373. The van der Waals surface area contributed by atoms with Gasteiger partial charge in [-0.05, 0) is 46.4 Å². The number of cyclic esters (lactones) is 1. The number of benzene rings is 3. The fraction of sp³-hybridized carbons (Fsp3) is 0.250. The highest BCUT2D eigenvalue weighted by atomic mass is 16.6. The lowest BCUT2D eigenvalue weighted by Gasteiger charge is -2.23. The van der Waals surface area contributed by atoms with Gasteiger partial charge in [0, 0.05) is 6.04 Å². The van der Waals surface area contributed by atoms with Gasteiger partial charge in [-0.2, -0.15) is 0 Å². The molecule has 0 unspecified atom stereocenters. The van der Waals surface area contributed by atoms with Crippen LogP contribution in [0.3, 0.4) is 0 Å². The zero-order valence-electron chi connectivity index (χ0n) is 19.6. The summed E-state index contributed by atoms with van der Waals surface area (Å²) in [6, 6.07) is 23.5. The Bertz CT molecular complexity index is 1320. The van der Waals surface area contributed by atoms with Crippen molar-refractivity contribution in [3.05, 3.63) is 84.7 Å². The third kappa shape index (κ3) is 4.31. The summed E-state index contributed by atoms with van der Waals surface area (Å²) in [7, 11) is 0. The van der Waals surface area contributed by atoms with Crippen LogP contribution >= 0.6 is 0 Å². The molecule has 0 aliphatic carbocycles. The summed E-state index contributed by atoms with van der Waals surface area (Å²) in [4.78, 5) is 22.8. The van der Waals surface area contributed by atoms with E-state index in [9.17, 15) is 4.79 Å². The highest BCUT2D eigenvalue weighted by Gasteiger charge is 2.37. The van der Waals surface area contributed by atoms with Crippen molar-refractivity contribution in [2.24, 2.45) is 5.92 Å². The molecule has 1 saturated heterocycles. The Kier molecular flexibility index (Phi) is 5.88. The van der Waals surface area contributed by atoms with Crippen molar-refractivity contribution < 1.29 is 9.53 Å². The SMILES string of the molecule is CC(C)[C@H]1COC(=O)N1c1cncc(N[C@@H](C)c2ccc(-c3ccc4ccccc4c3)cc2)n1. The molecule has 34 heavy (non-hydrogen) atoms. The molecule has 5 rings (SSSR count). The maximum Gasteiger partial charge on any atom is 0.415 e. The summed E-state index contributed by atoms with van der Waals surface area (Å²) in [6.45, 7) is 6.59. The Labute approximate surface area is 199 Å². The molecule has 3 aromatic carbocycles. The minimum Gasteiger partial charge on any atom is -0.447 e. The molecule has 1 aliphatic heterocycles. The molecule has 0 spiro atoms. The summed E-state index contributed by atoms with van der Waals surface area (Å²) in [6.07, 6.45) is 2.91. The maximum absolute atomic E-state index is 12.3. The van der Waals surface area contributed by atoms with Crippen LogP contribution in [0.4, 0.5) is 16.4 Å². The predicted molar refractivity (Wildman–Crippen MR) is 136 cm³/mol. The first-order valence-electron chi connectivity index (χ1n) is 11.6. The number of hydrogen-bond donors (Lipinski definition) is 1. The summed E-state index contributed by atoms with van der Waals surface area (Å²) in [5, 5.41) is 5.89. The molecular formula is C28H28N4O2. The van der Waals surface area contributed by atoms with Crippen molar-refractivity contribution in [1.82, 2.24) is 9.97 Å². The van der Waals surface area contributed by atoms with E-state index in [0.717, 1.165) is 5.56 Å². The molecule has 6 nitrogen and oxygen atoms in total. The van der Waals surface area contributed by atoms with Gasteiger partial charge in [0.05, 0.1) is 18.4 Å². The molecule has 1 amide bonds. The van der Waals surface area contributed by atoms with Crippen molar-refractivity contribution in [1.29, 1.82) is 0 Å². The number of aromatic nitrogens is 2. The summed E-state index contributed by atoms with van der Waals surface area (Å²) in [5.41, 5.74) is 3.51. The maximum atomic E-state index is 12.3. The number of fused-ring (bicyclic) bond motifs is 1. The smallest absolute Gasteiger partial charge is 0.415 e. The zero-order chi connectivity index (χ0) is 23.7. The molecule has 1 aliphatic rings. The normalized spacial score (nSPS) is 16.6. The topological polar surface area (TPSA) is 67.3 Å². The van der Waals surface area contributed by atoms with E-state index in [2.05, 4.69) is 103 Å². The van der Waals surface area contributed by atoms with Crippen molar-refractivity contribution in [2.75, 3.05) is 16.8 Å². The van der Waals surface area contributed by atoms with Gasteiger partial charge >= 0.3 is 6.09 Å². The quantitative estimate of drug-likeness (QED) is 0.364. The second kappa shape index (κ2) is 9.14. The van der Waals surface area contributed by atoms with Gasteiger partial charge in [0.15, 0.2) is 5.82 Å². The van der Waals surface area contributed by atoms with E-state index < -0.39 is 0 Å². The highest BCUT2D eigenvalue weighted by molar-refractivity contribution is 5.89. The van der Waals surface area contributed by atoms with E-state index in [1.54, 1.807) is 17.3 Å². The second-order valence-electron chi connectivity index (χ2n) is 9.07. The van der Waals surface area contributed by atoms with Crippen molar-refractivity contribution in [3.63, 3.8) is 0 Å². The van der Waals surface area contributed by atoms with Crippen LogP contribution in [0.5, 0.6) is 0 Å².